The first-order valence-electron chi connectivity index (χ1n) is 6.82. The highest BCUT2D eigenvalue weighted by atomic mass is 14.5. The van der Waals surface area contributed by atoms with Crippen molar-refractivity contribution in [1.82, 2.24) is 0 Å². The van der Waals surface area contributed by atoms with Crippen LogP contribution in [0, 0.1) is 23.2 Å². The van der Waals surface area contributed by atoms with Crippen molar-refractivity contribution < 1.29 is 0 Å². The smallest absolute Gasteiger partial charge is 0.0769 e. The van der Waals surface area contributed by atoms with E-state index in [1.165, 1.54) is 32.1 Å². The number of hydrogen-bond acceptors (Lipinski definition) is 0. The molecule has 0 aromatic carbocycles. The summed E-state index contributed by atoms with van der Waals surface area (Å²) < 4.78 is 0. The highest BCUT2D eigenvalue weighted by Crippen LogP contribution is 2.58. The number of hydrogen-bond donors (Lipinski definition) is 0. The minimum Gasteiger partial charge on any atom is -0.0769 e. The van der Waals surface area contributed by atoms with Gasteiger partial charge in [-0.15, -0.1) is 0 Å². The SMILES string of the molecule is BC(B)(C1CC2CCC1CC2)C(C)(C)C. The summed E-state index contributed by atoms with van der Waals surface area (Å²) in [5.74, 6) is 3.11. The molecule has 1 atom stereocenters. The molecule has 0 spiro atoms. The summed E-state index contributed by atoms with van der Waals surface area (Å²) in [4.78, 5) is 0. The molecule has 0 saturated heterocycles. The van der Waals surface area contributed by atoms with Gasteiger partial charge in [0.1, 0.15) is 15.7 Å². The molecule has 2 bridgehead atoms. The van der Waals surface area contributed by atoms with Crippen LogP contribution in [0.5, 0.6) is 0 Å². The molecule has 0 nitrogen and oxygen atoms in total. The highest BCUT2D eigenvalue weighted by molar-refractivity contribution is 6.40. The van der Waals surface area contributed by atoms with E-state index in [-0.39, 0.29) is 0 Å². The molecule has 84 valence electrons. The van der Waals surface area contributed by atoms with Gasteiger partial charge in [0.2, 0.25) is 0 Å². The Labute approximate surface area is 97.4 Å². The summed E-state index contributed by atoms with van der Waals surface area (Å²) in [5.41, 5.74) is 0.454. The minimum absolute atomic E-state index is 0.454. The van der Waals surface area contributed by atoms with Gasteiger partial charge in [0, 0.05) is 0 Å². The lowest BCUT2D eigenvalue weighted by molar-refractivity contribution is 0.0558. The molecule has 3 aliphatic carbocycles. The van der Waals surface area contributed by atoms with E-state index >= 15 is 0 Å². The Hall–Kier alpha value is 0.130. The molecular weight excluding hydrogens is 178 g/mol. The zero-order valence-electron chi connectivity index (χ0n) is 11.3. The molecule has 0 aliphatic heterocycles. The second kappa shape index (κ2) is 3.57. The molecule has 0 radical (unpaired) electrons. The first kappa shape index (κ1) is 11.6. The maximum Gasteiger partial charge on any atom is 0.100 e. The second-order valence-electron chi connectivity index (χ2n) is 7.59. The average Bonchev–Trinajstić information content (AvgIpc) is 2.17. The lowest BCUT2D eigenvalue weighted by Crippen LogP contribution is -2.45. The van der Waals surface area contributed by atoms with Crippen molar-refractivity contribution in [2.24, 2.45) is 23.2 Å². The molecular formula is C13H26B2. The van der Waals surface area contributed by atoms with Crippen molar-refractivity contribution in [2.75, 3.05) is 0 Å². The highest BCUT2D eigenvalue weighted by Gasteiger charge is 2.47. The predicted molar refractivity (Wildman–Crippen MR) is 72.8 cm³/mol. The fourth-order valence-electron chi connectivity index (χ4n) is 3.82. The molecule has 0 amide bonds. The molecule has 1 unspecified atom stereocenters. The van der Waals surface area contributed by atoms with E-state index in [1.807, 2.05) is 0 Å². The van der Waals surface area contributed by atoms with Crippen LogP contribution in [0.4, 0.5) is 0 Å². The summed E-state index contributed by atoms with van der Waals surface area (Å²) in [7, 11) is 5.02. The number of rotatable bonds is 1. The third-order valence-electron chi connectivity index (χ3n) is 5.91. The standard InChI is InChI=1S/C13H26B2/c1-12(2,3)13(14,15)11-8-9-4-6-10(11)7-5-9/h9-11H,4-8,14-15H2,1-3H3. The Balaban J connectivity index is 2.17. The first-order valence-corrected chi connectivity index (χ1v) is 6.82. The van der Waals surface area contributed by atoms with Crippen molar-refractivity contribution in [2.45, 2.75) is 58.1 Å². The van der Waals surface area contributed by atoms with Crippen molar-refractivity contribution in [3.63, 3.8) is 0 Å². The molecule has 3 saturated carbocycles. The zero-order chi connectivity index (χ0) is 11.3. The van der Waals surface area contributed by atoms with Crippen LogP contribution in [0.15, 0.2) is 0 Å². The maximum absolute atomic E-state index is 2.51. The van der Waals surface area contributed by atoms with Gasteiger partial charge in [-0.25, -0.2) is 0 Å². The van der Waals surface area contributed by atoms with Gasteiger partial charge < -0.3 is 0 Å². The van der Waals surface area contributed by atoms with Crippen LogP contribution >= 0.6 is 0 Å². The maximum atomic E-state index is 2.51. The van der Waals surface area contributed by atoms with Gasteiger partial charge in [0.05, 0.1) is 0 Å². The van der Waals surface area contributed by atoms with Crippen LogP contribution in [-0.4, -0.2) is 15.7 Å². The van der Waals surface area contributed by atoms with Crippen molar-refractivity contribution in [3.8, 4) is 0 Å². The van der Waals surface area contributed by atoms with Gasteiger partial charge in [-0.2, -0.15) is 0 Å². The Morgan fingerprint density at radius 2 is 1.47 bits per heavy atom. The molecule has 3 aliphatic rings. The summed E-state index contributed by atoms with van der Waals surface area (Å²) in [6.45, 7) is 7.28. The Morgan fingerprint density at radius 1 is 0.933 bits per heavy atom. The van der Waals surface area contributed by atoms with Crippen LogP contribution in [-0.2, 0) is 0 Å². The van der Waals surface area contributed by atoms with Crippen molar-refractivity contribution >= 4 is 15.7 Å². The van der Waals surface area contributed by atoms with Crippen LogP contribution in [0.3, 0.4) is 0 Å². The summed E-state index contributed by atoms with van der Waals surface area (Å²) in [6, 6.07) is 0. The number of fused-ring (bicyclic) bond motifs is 3. The van der Waals surface area contributed by atoms with Gasteiger partial charge in [0.25, 0.3) is 0 Å². The Kier molecular flexibility index (Phi) is 2.76. The zero-order valence-corrected chi connectivity index (χ0v) is 11.3. The summed E-state index contributed by atoms with van der Waals surface area (Å²) >= 11 is 0. The van der Waals surface area contributed by atoms with E-state index in [1.54, 1.807) is 0 Å². The van der Waals surface area contributed by atoms with Crippen LogP contribution in [0.25, 0.3) is 0 Å². The molecule has 0 heterocycles. The predicted octanol–water partition coefficient (Wildman–Crippen LogP) is 2.24. The molecule has 2 heteroatoms. The molecule has 0 N–H and O–H groups in total. The third-order valence-corrected chi connectivity index (χ3v) is 5.91. The van der Waals surface area contributed by atoms with Crippen molar-refractivity contribution in [1.29, 1.82) is 0 Å². The molecule has 0 aromatic heterocycles. The van der Waals surface area contributed by atoms with Gasteiger partial charge in [-0.05, 0) is 42.4 Å². The Morgan fingerprint density at radius 3 is 1.80 bits per heavy atom. The van der Waals surface area contributed by atoms with E-state index < -0.39 is 0 Å². The normalized spacial score (nSPS) is 36.9. The van der Waals surface area contributed by atoms with Crippen molar-refractivity contribution in [3.05, 3.63) is 0 Å². The van der Waals surface area contributed by atoms with E-state index in [0.29, 0.717) is 10.6 Å². The molecule has 3 rings (SSSR count). The molecule has 15 heavy (non-hydrogen) atoms. The average molecular weight is 204 g/mol. The van der Waals surface area contributed by atoms with Crippen LogP contribution in [0.2, 0.25) is 5.21 Å². The summed E-state index contributed by atoms with van der Waals surface area (Å²) in [6.07, 6.45) is 7.63. The van der Waals surface area contributed by atoms with Crippen LogP contribution in [0.1, 0.15) is 52.9 Å². The van der Waals surface area contributed by atoms with E-state index in [2.05, 4.69) is 36.5 Å². The fourth-order valence-corrected chi connectivity index (χ4v) is 3.82. The topological polar surface area (TPSA) is 0 Å². The quantitative estimate of drug-likeness (QED) is 0.574. The van der Waals surface area contributed by atoms with Gasteiger partial charge in [-0.3, -0.25) is 0 Å². The fraction of sp³-hybridized carbons (Fsp3) is 1.00. The van der Waals surface area contributed by atoms with Gasteiger partial charge >= 0.3 is 0 Å². The lowest BCUT2D eigenvalue weighted by Gasteiger charge is -2.55. The van der Waals surface area contributed by atoms with E-state index in [0.717, 1.165) is 17.8 Å². The molecule has 3 fully saturated rings. The van der Waals surface area contributed by atoms with Gasteiger partial charge in [-0.1, -0.05) is 38.8 Å². The van der Waals surface area contributed by atoms with Crippen LogP contribution < -0.4 is 0 Å². The third kappa shape index (κ3) is 1.89. The first-order chi connectivity index (χ1) is 6.82. The lowest BCUT2D eigenvalue weighted by atomic mass is 9.34. The Bertz CT molecular complexity index is 231. The van der Waals surface area contributed by atoms with E-state index in [4.69, 9.17) is 0 Å². The monoisotopic (exact) mass is 204 g/mol. The second-order valence-corrected chi connectivity index (χ2v) is 7.59. The largest absolute Gasteiger partial charge is 0.100 e. The minimum atomic E-state index is 0.454. The van der Waals surface area contributed by atoms with Gasteiger partial charge in [0.15, 0.2) is 0 Å². The van der Waals surface area contributed by atoms with E-state index in [9.17, 15) is 0 Å². The summed E-state index contributed by atoms with van der Waals surface area (Å²) in [5, 5.41) is 0.511. The molecule has 0 aromatic rings.